The summed E-state index contributed by atoms with van der Waals surface area (Å²) in [6, 6.07) is 0.399. The highest BCUT2D eigenvalue weighted by Gasteiger charge is 2.20. The maximum Gasteiger partial charge on any atom is 0.329 e. The molecule has 144 valence electrons. The molecule has 0 amide bonds. The van der Waals surface area contributed by atoms with Gasteiger partial charge in [-0.05, 0) is 19.3 Å². The van der Waals surface area contributed by atoms with Gasteiger partial charge in [0.1, 0.15) is 0 Å². The zero-order chi connectivity index (χ0) is 18.5. The van der Waals surface area contributed by atoms with Gasteiger partial charge in [-0.2, -0.15) is 4.98 Å². The Balaban J connectivity index is 1.91. The third kappa shape index (κ3) is 4.02. The maximum absolute atomic E-state index is 12.5. The Morgan fingerprint density at radius 1 is 1.12 bits per heavy atom. The molecule has 1 fully saturated rings. The van der Waals surface area contributed by atoms with Gasteiger partial charge in [-0.25, -0.2) is 4.79 Å². The van der Waals surface area contributed by atoms with Crippen LogP contribution in [0.5, 0.6) is 0 Å². The molecule has 0 saturated heterocycles. The molecular formula is C19H31N5O2. The van der Waals surface area contributed by atoms with E-state index in [-0.39, 0.29) is 5.56 Å². The second-order valence-electron chi connectivity index (χ2n) is 7.47. The summed E-state index contributed by atoms with van der Waals surface area (Å²) < 4.78 is 3.41. The second-order valence-corrected chi connectivity index (χ2v) is 7.47. The zero-order valence-electron chi connectivity index (χ0n) is 16.0. The molecule has 26 heavy (non-hydrogen) atoms. The predicted octanol–water partition coefficient (Wildman–Crippen LogP) is 3.14. The number of imidazole rings is 1. The minimum absolute atomic E-state index is 0.346. The molecule has 7 heteroatoms. The van der Waals surface area contributed by atoms with E-state index in [2.05, 4.69) is 22.2 Å². The highest BCUT2D eigenvalue weighted by molar-refractivity contribution is 5.74. The lowest BCUT2D eigenvalue weighted by molar-refractivity contribution is 0.458. The van der Waals surface area contributed by atoms with Gasteiger partial charge in [-0.1, -0.05) is 51.9 Å². The van der Waals surface area contributed by atoms with Crippen molar-refractivity contribution >= 4 is 17.1 Å². The molecule has 2 heterocycles. The SMILES string of the molecule is CCCCCCCn1c(NC2CCCCC2)nc2c1c(=O)[nH]c(=O)n2C. The Bertz CT molecular complexity index is 842. The van der Waals surface area contributed by atoms with Crippen molar-refractivity contribution in [3.05, 3.63) is 20.8 Å². The minimum atomic E-state index is -0.417. The Labute approximate surface area is 153 Å². The van der Waals surface area contributed by atoms with Crippen LogP contribution in [-0.4, -0.2) is 25.1 Å². The summed E-state index contributed by atoms with van der Waals surface area (Å²) in [5, 5.41) is 3.55. The lowest BCUT2D eigenvalue weighted by Gasteiger charge is -2.23. The first-order chi connectivity index (χ1) is 12.6. The summed E-state index contributed by atoms with van der Waals surface area (Å²) in [4.78, 5) is 31.4. The van der Waals surface area contributed by atoms with Gasteiger partial charge in [-0.3, -0.25) is 14.3 Å². The van der Waals surface area contributed by atoms with E-state index < -0.39 is 5.69 Å². The number of nitrogens with one attached hydrogen (secondary N) is 2. The number of hydrogen-bond acceptors (Lipinski definition) is 4. The molecule has 0 aromatic carbocycles. The molecule has 2 aromatic rings. The van der Waals surface area contributed by atoms with Gasteiger partial charge in [-0.15, -0.1) is 0 Å². The summed E-state index contributed by atoms with van der Waals surface area (Å²) in [5.74, 6) is 0.731. The van der Waals surface area contributed by atoms with E-state index in [4.69, 9.17) is 0 Å². The highest BCUT2D eigenvalue weighted by atomic mass is 16.2. The minimum Gasteiger partial charge on any atom is -0.353 e. The van der Waals surface area contributed by atoms with Crippen molar-refractivity contribution in [3.8, 4) is 0 Å². The Morgan fingerprint density at radius 2 is 1.85 bits per heavy atom. The number of aromatic nitrogens is 4. The number of rotatable bonds is 8. The monoisotopic (exact) mass is 361 g/mol. The molecule has 1 aliphatic carbocycles. The van der Waals surface area contributed by atoms with Crippen molar-refractivity contribution in [2.75, 3.05) is 5.32 Å². The largest absolute Gasteiger partial charge is 0.353 e. The summed E-state index contributed by atoms with van der Waals surface area (Å²) in [6.07, 6.45) is 11.8. The summed E-state index contributed by atoms with van der Waals surface area (Å²) >= 11 is 0. The van der Waals surface area contributed by atoms with E-state index in [1.165, 1.54) is 43.1 Å². The van der Waals surface area contributed by atoms with Crippen LogP contribution in [0.1, 0.15) is 71.1 Å². The molecule has 0 radical (unpaired) electrons. The van der Waals surface area contributed by atoms with E-state index in [0.29, 0.717) is 17.2 Å². The van der Waals surface area contributed by atoms with Gasteiger partial charge in [0, 0.05) is 19.6 Å². The number of unbranched alkanes of at least 4 members (excludes halogenated alkanes) is 4. The lowest BCUT2D eigenvalue weighted by Crippen LogP contribution is -2.29. The van der Waals surface area contributed by atoms with Gasteiger partial charge >= 0.3 is 5.69 Å². The van der Waals surface area contributed by atoms with Gasteiger partial charge in [0.25, 0.3) is 5.56 Å². The fraction of sp³-hybridized carbons (Fsp3) is 0.737. The third-order valence-electron chi connectivity index (χ3n) is 5.43. The van der Waals surface area contributed by atoms with E-state index in [9.17, 15) is 9.59 Å². The Hall–Kier alpha value is -2.05. The number of nitrogens with zero attached hydrogens (tertiary/aromatic N) is 3. The van der Waals surface area contributed by atoms with Crippen LogP contribution >= 0.6 is 0 Å². The van der Waals surface area contributed by atoms with Crippen LogP contribution in [0.25, 0.3) is 11.2 Å². The van der Waals surface area contributed by atoms with Gasteiger partial charge in [0.2, 0.25) is 5.95 Å². The molecule has 0 atom stereocenters. The zero-order valence-corrected chi connectivity index (χ0v) is 16.0. The lowest BCUT2D eigenvalue weighted by atomic mass is 9.96. The molecular weight excluding hydrogens is 330 g/mol. The summed E-state index contributed by atoms with van der Waals surface area (Å²) in [5.41, 5.74) is 0.201. The first kappa shape index (κ1) is 18.7. The number of fused-ring (bicyclic) bond motifs is 1. The number of aryl methyl sites for hydroxylation is 2. The molecule has 3 rings (SSSR count). The average molecular weight is 361 g/mol. The molecule has 0 unspecified atom stereocenters. The molecule has 0 bridgehead atoms. The smallest absolute Gasteiger partial charge is 0.329 e. The van der Waals surface area contributed by atoms with Gasteiger partial charge in [0.05, 0.1) is 0 Å². The molecule has 2 N–H and O–H groups in total. The molecule has 1 saturated carbocycles. The fourth-order valence-corrected chi connectivity index (χ4v) is 3.87. The van der Waals surface area contributed by atoms with Crippen molar-refractivity contribution in [2.45, 2.75) is 83.7 Å². The first-order valence-electron chi connectivity index (χ1n) is 10.1. The quantitative estimate of drug-likeness (QED) is 0.708. The number of H-pyrrole nitrogens is 1. The van der Waals surface area contributed by atoms with Crippen LogP contribution < -0.4 is 16.6 Å². The molecule has 0 spiro atoms. The fourth-order valence-electron chi connectivity index (χ4n) is 3.87. The van der Waals surface area contributed by atoms with Gasteiger partial charge in [0.15, 0.2) is 11.2 Å². The predicted molar refractivity (Wildman–Crippen MR) is 105 cm³/mol. The van der Waals surface area contributed by atoms with Crippen LogP contribution in [0.4, 0.5) is 5.95 Å². The number of anilines is 1. The maximum atomic E-state index is 12.5. The second kappa shape index (κ2) is 8.56. The normalized spacial score (nSPS) is 15.6. The van der Waals surface area contributed by atoms with Crippen LogP contribution in [0.2, 0.25) is 0 Å². The molecule has 7 nitrogen and oxygen atoms in total. The van der Waals surface area contributed by atoms with Crippen LogP contribution in [0.15, 0.2) is 9.59 Å². The molecule has 2 aromatic heterocycles. The van der Waals surface area contributed by atoms with Crippen molar-refractivity contribution in [1.82, 2.24) is 19.1 Å². The Morgan fingerprint density at radius 3 is 2.58 bits per heavy atom. The van der Waals surface area contributed by atoms with Crippen molar-refractivity contribution in [2.24, 2.45) is 7.05 Å². The van der Waals surface area contributed by atoms with Crippen LogP contribution in [0.3, 0.4) is 0 Å². The van der Waals surface area contributed by atoms with Crippen molar-refractivity contribution in [1.29, 1.82) is 0 Å². The topological polar surface area (TPSA) is 84.7 Å². The average Bonchev–Trinajstić information content (AvgIpc) is 2.99. The van der Waals surface area contributed by atoms with E-state index in [1.807, 2.05) is 4.57 Å². The Kier molecular flexibility index (Phi) is 6.16. The van der Waals surface area contributed by atoms with Gasteiger partial charge < -0.3 is 9.88 Å². The van der Waals surface area contributed by atoms with E-state index in [0.717, 1.165) is 38.2 Å². The number of hydrogen-bond donors (Lipinski definition) is 2. The van der Waals surface area contributed by atoms with E-state index in [1.54, 1.807) is 7.05 Å². The standard InChI is InChI=1S/C19H31N5O2/c1-3-4-5-6-10-13-24-15-16(23(2)19(26)22-17(15)25)21-18(24)20-14-11-8-7-9-12-14/h14H,3-13H2,1-2H3,(H,20,21)(H,22,25,26). The molecule has 1 aliphatic rings. The van der Waals surface area contributed by atoms with Crippen LogP contribution in [-0.2, 0) is 13.6 Å². The number of aromatic amines is 1. The summed E-state index contributed by atoms with van der Waals surface area (Å²) in [7, 11) is 1.66. The molecule has 0 aliphatic heterocycles. The highest BCUT2D eigenvalue weighted by Crippen LogP contribution is 2.23. The van der Waals surface area contributed by atoms with E-state index >= 15 is 0 Å². The van der Waals surface area contributed by atoms with Crippen molar-refractivity contribution < 1.29 is 0 Å². The van der Waals surface area contributed by atoms with Crippen molar-refractivity contribution in [3.63, 3.8) is 0 Å². The summed E-state index contributed by atoms with van der Waals surface area (Å²) in [6.45, 7) is 2.95. The first-order valence-corrected chi connectivity index (χ1v) is 10.1. The van der Waals surface area contributed by atoms with Crippen LogP contribution in [0, 0.1) is 0 Å². The third-order valence-corrected chi connectivity index (χ3v) is 5.43.